The number of hydrogen-bond donors (Lipinski definition) is 1. The van der Waals surface area contributed by atoms with Crippen LogP contribution in [0.15, 0.2) is 48.5 Å². The molecule has 2 aromatic carbocycles. The van der Waals surface area contributed by atoms with Crippen LogP contribution in [0, 0.1) is 13.8 Å². The molecule has 0 saturated carbocycles. The van der Waals surface area contributed by atoms with Crippen LogP contribution in [0.2, 0.25) is 5.02 Å². The first-order chi connectivity index (χ1) is 16.2. The number of imide groups is 1. The van der Waals surface area contributed by atoms with Gasteiger partial charge in [-0.05, 0) is 62.7 Å². The van der Waals surface area contributed by atoms with E-state index in [-0.39, 0.29) is 19.1 Å². The van der Waals surface area contributed by atoms with E-state index in [1.807, 2.05) is 36.6 Å². The molecule has 8 nitrogen and oxygen atoms in total. The molecular weight excluding hydrogens is 458 g/mol. The lowest BCUT2D eigenvalue weighted by Gasteiger charge is -2.22. The number of Topliss-reactive ketones (excluding diaryl/α,β-unsaturated/α-hetero) is 1. The van der Waals surface area contributed by atoms with Gasteiger partial charge in [0.25, 0.3) is 5.91 Å². The maximum absolute atomic E-state index is 13.3. The van der Waals surface area contributed by atoms with E-state index < -0.39 is 17.5 Å². The van der Waals surface area contributed by atoms with Gasteiger partial charge >= 0.3 is 6.03 Å². The number of rotatable bonds is 5. The number of urea groups is 1. The Morgan fingerprint density at radius 1 is 1.09 bits per heavy atom. The van der Waals surface area contributed by atoms with E-state index in [1.165, 1.54) is 0 Å². The first kappa shape index (κ1) is 22.0. The van der Waals surface area contributed by atoms with Gasteiger partial charge in [-0.1, -0.05) is 23.7 Å². The zero-order chi connectivity index (χ0) is 24.2. The van der Waals surface area contributed by atoms with E-state index in [0.717, 1.165) is 16.3 Å². The second-order valence-electron chi connectivity index (χ2n) is 8.54. The normalized spacial score (nSPS) is 19.0. The number of ether oxygens (including phenoxy) is 2. The van der Waals surface area contributed by atoms with Crippen molar-refractivity contribution in [3.05, 3.63) is 76.1 Å². The molecule has 1 fully saturated rings. The van der Waals surface area contributed by atoms with Gasteiger partial charge in [-0.2, -0.15) is 0 Å². The number of benzene rings is 2. The molecule has 0 bridgehead atoms. The van der Waals surface area contributed by atoms with Gasteiger partial charge in [0, 0.05) is 27.7 Å². The molecule has 174 valence electrons. The van der Waals surface area contributed by atoms with Gasteiger partial charge in [-0.15, -0.1) is 0 Å². The number of aromatic nitrogens is 1. The Hall–Kier alpha value is -3.78. The van der Waals surface area contributed by atoms with E-state index in [0.29, 0.717) is 33.3 Å². The summed E-state index contributed by atoms with van der Waals surface area (Å²) in [7, 11) is 0. The molecule has 3 heterocycles. The SMILES string of the molecule is Cc1cc(C(=O)CN2C(=O)N[C@@](C)(c3ccc4c(c3)OCO4)C2=O)c(C)n1-c1cccc(Cl)c1. The summed E-state index contributed by atoms with van der Waals surface area (Å²) < 4.78 is 12.6. The van der Waals surface area contributed by atoms with Crippen LogP contribution in [0.4, 0.5) is 4.79 Å². The van der Waals surface area contributed by atoms with Crippen LogP contribution in [-0.2, 0) is 10.3 Å². The number of amides is 3. The Bertz CT molecular complexity index is 1360. The van der Waals surface area contributed by atoms with Crippen LogP contribution in [0.3, 0.4) is 0 Å². The number of fused-ring (bicyclic) bond motifs is 1. The third kappa shape index (κ3) is 3.42. The molecule has 5 rings (SSSR count). The minimum atomic E-state index is -1.32. The Kier molecular flexibility index (Phi) is 5.13. The summed E-state index contributed by atoms with van der Waals surface area (Å²) >= 11 is 6.14. The third-order valence-corrected chi connectivity index (χ3v) is 6.56. The van der Waals surface area contributed by atoms with Crippen molar-refractivity contribution in [1.82, 2.24) is 14.8 Å². The van der Waals surface area contributed by atoms with Gasteiger partial charge < -0.3 is 19.4 Å². The molecule has 2 aliphatic heterocycles. The van der Waals surface area contributed by atoms with E-state index in [4.69, 9.17) is 21.1 Å². The highest BCUT2D eigenvalue weighted by molar-refractivity contribution is 6.30. The quantitative estimate of drug-likeness (QED) is 0.439. The number of hydrogen-bond acceptors (Lipinski definition) is 5. The highest BCUT2D eigenvalue weighted by atomic mass is 35.5. The van der Waals surface area contributed by atoms with E-state index in [9.17, 15) is 14.4 Å². The number of aryl methyl sites for hydroxylation is 1. The minimum Gasteiger partial charge on any atom is -0.454 e. The molecule has 2 aliphatic rings. The van der Waals surface area contributed by atoms with Crippen LogP contribution < -0.4 is 14.8 Å². The number of carbonyl (C=O) groups is 3. The summed E-state index contributed by atoms with van der Waals surface area (Å²) in [6, 6.07) is 13.5. The van der Waals surface area contributed by atoms with Crippen LogP contribution >= 0.6 is 11.6 Å². The molecule has 3 amide bonds. The molecule has 3 aromatic rings. The summed E-state index contributed by atoms with van der Waals surface area (Å²) in [5.74, 6) is 0.239. The Labute approximate surface area is 201 Å². The molecule has 1 saturated heterocycles. The van der Waals surface area contributed by atoms with Crippen LogP contribution in [0.1, 0.15) is 34.2 Å². The van der Waals surface area contributed by atoms with Crippen LogP contribution in [0.5, 0.6) is 11.5 Å². The third-order valence-electron chi connectivity index (χ3n) is 6.32. The van der Waals surface area contributed by atoms with E-state index in [2.05, 4.69) is 5.32 Å². The molecule has 1 atom stereocenters. The van der Waals surface area contributed by atoms with Gasteiger partial charge in [0.05, 0.1) is 6.54 Å². The van der Waals surface area contributed by atoms with E-state index >= 15 is 0 Å². The highest BCUT2D eigenvalue weighted by Gasteiger charge is 2.50. The molecule has 34 heavy (non-hydrogen) atoms. The Morgan fingerprint density at radius 2 is 1.85 bits per heavy atom. The maximum Gasteiger partial charge on any atom is 0.325 e. The number of nitrogens with zero attached hydrogens (tertiary/aromatic N) is 2. The summed E-state index contributed by atoms with van der Waals surface area (Å²) in [4.78, 5) is 40.3. The molecule has 9 heteroatoms. The van der Waals surface area contributed by atoms with Crippen molar-refractivity contribution >= 4 is 29.3 Å². The van der Waals surface area contributed by atoms with Crippen LogP contribution in [-0.4, -0.2) is 40.5 Å². The zero-order valence-electron chi connectivity index (χ0n) is 18.8. The minimum absolute atomic E-state index is 0.101. The zero-order valence-corrected chi connectivity index (χ0v) is 19.6. The van der Waals surface area contributed by atoms with Gasteiger partial charge in [0.15, 0.2) is 17.3 Å². The fourth-order valence-electron chi connectivity index (χ4n) is 4.53. The first-order valence-corrected chi connectivity index (χ1v) is 11.1. The predicted molar refractivity (Wildman–Crippen MR) is 125 cm³/mol. The van der Waals surface area contributed by atoms with Gasteiger partial charge in [0.2, 0.25) is 6.79 Å². The highest BCUT2D eigenvalue weighted by Crippen LogP contribution is 2.38. The molecule has 0 spiro atoms. The predicted octanol–water partition coefficient (Wildman–Crippen LogP) is 4.13. The number of ketones is 1. The van der Waals surface area contributed by atoms with Crippen LogP contribution in [0.25, 0.3) is 5.69 Å². The topological polar surface area (TPSA) is 89.9 Å². The summed E-state index contributed by atoms with van der Waals surface area (Å²) in [6.45, 7) is 5.05. The monoisotopic (exact) mass is 479 g/mol. The summed E-state index contributed by atoms with van der Waals surface area (Å²) in [5, 5.41) is 3.31. The largest absolute Gasteiger partial charge is 0.454 e. The molecule has 0 radical (unpaired) electrons. The second kappa shape index (κ2) is 7.92. The van der Waals surface area contributed by atoms with Crippen molar-refractivity contribution < 1.29 is 23.9 Å². The molecule has 0 unspecified atom stereocenters. The number of nitrogens with one attached hydrogen (secondary N) is 1. The maximum atomic E-state index is 13.3. The van der Waals surface area contributed by atoms with Crippen molar-refractivity contribution in [2.75, 3.05) is 13.3 Å². The standard InChI is InChI=1S/C25H22ClN3O5/c1-14-9-19(15(2)29(14)18-6-4-5-17(26)11-18)20(30)12-28-23(31)25(3,27-24(28)32)16-7-8-21-22(10-16)34-13-33-21/h4-11H,12-13H2,1-3H3,(H,27,32)/t25-/m0/s1. The Morgan fingerprint density at radius 3 is 2.62 bits per heavy atom. The fraction of sp³-hybridized carbons (Fsp3) is 0.240. The van der Waals surface area contributed by atoms with Gasteiger partial charge in [0.1, 0.15) is 5.54 Å². The molecular formula is C25H22ClN3O5. The van der Waals surface area contributed by atoms with Crippen molar-refractivity contribution in [3.8, 4) is 17.2 Å². The lowest BCUT2D eigenvalue weighted by Crippen LogP contribution is -2.41. The average Bonchev–Trinajstić information content (AvgIpc) is 3.45. The molecule has 1 N–H and O–H groups in total. The lowest BCUT2D eigenvalue weighted by molar-refractivity contribution is -0.130. The Balaban J connectivity index is 1.41. The van der Waals surface area contributed by atoms with Crippen molar-refractivity contribution in [2.45, 2.75) is 26.3 Å². The number of carbonyl (C=O) groups excluding carboxylic acids is 3. The van der Waals surface area contributed by atoms with Crippen molar-refractivity contribution in [1.29, 1.82) is 0 Å². The van der Waals surface area contributed by atoms with Crippen molar-refractivity contribution in [3.63, 3.8) is 0 Å². The molecule has 1 aromatic heterocycles. The number of halogens is 1. The first-order valence-electron chi connectivity index (χ1n) is 10.7. The van der Waals surface area contributed by atoms with Crippen molar-refractivity contribution in [2.24, 2.45) is 0 Å². The summed E-state index contributed by atoms with van der Waals surface area (Å²) in [6.07, 6.45) is 0. The fourth-order valence-corrected chi connectivity index (χ4v) is 4.71. The van der Waals surface area contributed by atoms with Gasteiger partial charge in [-0.25, -0.2) is 4.79 Å². The van der Waals surface area contributed by atoms with Gasteiger partial charge in [-0.3, -0.25) is 14.5 Å². The smallest absolute Gasteiger partial charge is 0.325 e. The second-order valence-corrected chi connectivity index (χ2v) is 8.97. The summed E-state index contributed by atoms with van der Waals surface area (Å²) in [5.41, 5.74) is 2.03. The lowest BCUT2D eigenvalue weighted by atomic mass is 9.91. The average molecular weight is 480 g/mol. The van der Waals surface area contributed by atoms with E-state index in [1.54, 1.807) is 37.3 Å². The molecule has 0 aliphatic carbocycles.